The van der Waals surface area contributed by atoms with Gasteiger partial charge in [0.05, 0.1) is 6.61 Å². The van der Waals surface area contributed by atoms with Crippen molar-refractivity contribution in [3.8, 4) is 0 Å². The van der Waals surface area contributed by atoms with Gasteiger partial charge in [0.25, 0.3) is 0 Å². The zero-order chi connectivity index (χ0) is 14.4. The van der Waals surface area contributed by atoms with Crippen LogP contribution in [0.15, 0.2) is 17.4 Å². The lowest BCUT2D eigenvalue weighted by molar-refractivity contribution is 0.124. The van der Waals surface area contributed by atoms with E-state index in [-0.39, 0.29) is 12.1 Å². The highest BCUT2D eigenvalue weighted by molar-refractivity contribution is 7.99. The summed E-state index contributed by atoms with van der Waals surface area (Å²) in [5, 5.41) is 14.7. The molecule has 0 radical (unpaired) electrons. The van der Waals surface area contributed by atoms with Crippen molar-refractivity contribution in [1.29, 1.82) is 0 Å². The summed E-state index contributed by atoms with van der Waals surface area (Å²) in [5.41, 5.74) is 0.909. The summed E-state index contributed by atoms with van der Waals surface area (Å²) in [4.78, 5) is 8.81. The lowest BCUT2D eigenvalue weighted by Crippen LogP contribution is -2.52. The van der Waals surface area contributed by atoms with Crippen molar-refractivity contribution in [2.45, 2.75) is 61.9 Å². The molecule has 4 nitrogen and oxygen atoms in total. The number of nitrogens with one attached hydrogen (secondary N) is 1. The van der Waals surface area contributed by atoms with Crippen LogP contribution in [0.5, 0.6) is 0 Å². The zero-order valence-corrected chi connectivity index (χ0v) is 13.2. The molecule has 0 bridgehead atoms. The first-order chi connectivity index (χ1) is 9.67. The van der Waals surface area contributed by atoms with Crippen LogP contribution in [0.3, 0.4) is 0 Å². The van der Waals surface area contributed by atoms with E-state index in [0.29, 0.717) is 5.25 Å². The summed E-state index contributed by atoms with van der Waals surface area (Å²) in [7, 11) is 0. The molecule has 1 heterocycles. The number of rotatable bonds is 6. The Hall–Kier alpha value is -0.650. The molecule has 0 spiro atoms. The van der Waals surface area contributed by atoms with Crippen molar-refractivity contribution >= 4 is 11.8 Å². The second kappa shape index (κ2) is 7.38. The Morgan fingerprint density at radius 2 is 2.40 bits per heavy atom. The lowest BCUT2D eigenvalue weighted by Gasteiger charge is -2.40. The molecule has 1 saturated carbocycles. The third kappa shape index (κ3) is 4.17. The fraction of sp³-hybridized carbons (Fsp3) is 0.733. The molecular weight excluding hydrogens is 270 g/mol. The molecule has 0 saturated heterocycles. The van der Waals surface area contributed by atoms with Crippen molar-refractivity contribution in [3.63, 3.8) is 0 Å². The Morgan fingerprint density at radius 3 is 3.10 bits per heavy atom. The molecule has 1 aromatic rings. The summed E-state index contributed by atoms with van der Waals surface area (Å²) < 4.78 is 0. The predicted molar refractivity (Wildman–Crippen MR) is 83.0 cm³/mol. The minimum Gasteiger partial charge on any atom is -0.394 e. The van der Waals surface area contributed by atoms with Gasteiger partial charge < -0.3 is 10.4 Å². The van der Waals surface area contributed by atoms with Gasteiger partial charge in [0.1, 0.15) is 0 Å². The van der Waals surface area contributed by atoms with E-state index < -0.39 is 0 Å². The van der Waals surface area contributed by atoms with Crippen LogP contribution in [0.2, 0.25) is 0 Å². The molecule has 2 rings (SSSR count). The second-order valence-corrected chi connectivity index (χ2v) is 6.95. The van der Waals surface area contributed by atoms with Crippen LogP contribution < -0.4 is 5.32 Å². The number of aromatic nitrogens is 2. The molecule has 112 valence electrons. The maximum atomic E-state index is 9.79. The highest BCUT2D eigenvalue weighted by atomic mass is 32.2. The minimum absolute atomic E-state index is 0.101. The van der Waals surface area contributed by atoms with Crippen molar-refractivity contribution < 1.29 is 5.11 Å². The molecule has 0 amide bonds. The average molecular weight is 295 g/mol. The molecule has 1 fully saturated rings. The van der Waals surface area contributed by atoms with E-state index in [2.05, 4.69) is 22.2 Å². The molecule has 5 heteroatoms. The molecule has 0 aliphatic heterocycles. The SMILES string of the molecule is CCCNC1(CO)CCCC(Sc2nccc(C)n2)C1. The minimum atomic E-state index is -0.101. The first-order valence-corrected chi connectivity index (χ1v) is 8.37. The fourth-order valence-corrected chi connectivity index (χ4v) is 4.09. The van der Waals surface area contributed by atoms with Crippen LogP contribution >= 0.6 is 11.8 Å². The summed E-state index contributed by atoms with van der Waals surface area (Å²) >= 11 is 1.76. The Kier molecular flexibility index (Phi) is 5.81. The number of hydrogen-bond donors (Lipinski definition) is 2. The fourth-order valence-electron chi connectivity index (χ4n) is 2.79. The molecule has 1 aliphatic rings. The Balaban J connectivity index is 1.98. The van der Waals surface area contributed by atoms with Gasteiger partial charge in [0, 0.05) is 22.7 Å². The van der Waals surface area contributed by atoms with Gasteiger partial charge in [-0.1, -0.05) is 25.1 Å². The normalized spacial score (nSPS) is 26.6. The monoisotopic (exact) mass is 295 g/mol. The molecule has 2 N–H and O–H groups in total. The van der Waals surface area contributed by atoms with E-state index in [0.717, 1.165) is 43.1 Å². The zero-order valence-electron chi connectivity index (χ0n) is 12.4. The number of nitrogens with zero attached hydrogens (tertiary/aromatic N) is 2. The highest BCUT2D eigenvalue weighted by Crippen LogP contribution is 2.37. The molecule has 2 unspecified atom stereocenters. The summed E-state index contributed by atoms with van der Waals surface area (Å²) in [6, 6.07) is 1.92. The van der Waals surface area contributed by atoms with Gasteiger partial charge in [0.15, 0.2) is 5.16 Å². The quantitative estimate of drug-likeness (QED) is 0.790. The van der Waals surface area contributed by atoms with Gasteiger partial charge in [-0.2, -0.15) is 0 Å². The number of aliphatic hydroxyl groups is 1. The van der Waals surface area contributed by atoms with Crippen LogP contribution in [0.25, 0.3) is 0 Å². The van der Waals surface area contributed by atoms with Gasteiger partial charge in [-0.3, -0.25) is 0 Å². The van der Waals surface area contributed by atoms with Crippen molar-refractivity contribution in [2.24, 2.45) is 0 Å². The van der Waals surface area contributed by atoms with Crippen LogP contribution in [-0.2, 0) is 0 Å². The van der Waals surface area contributed by atoms with Crippen LogP contribution in [-0.4, -0.2) is 39.0 Å². The maximum absolute atomic E-state index is 9.79. The molecule has 2 atom stereocenters. The summed E-state index contributed by atoms with van der Waals surface area (Å²) in [6.07, 6.45) is 7.31. The molecule has 0 aromatic carbocycles. The smallest absolute Gasteiger partial charge is 0.187 e. The van der Waals surface area contributed by atoms with Gasteiger partial charge in [-0.05, 0) is 45.2 Å². The third-order valence-corrected chi connectivity index (χ3v) is 5.04. The largest absolute Gasteiger partial charge is 0.394 e. The van der Waals surface area contributed by atoms with Crippen LogP contribution in [0.1, 0.15) is 44.7 Å². The van der Waals surface area contributed by atoms with E-state index in [1.165, 1.54) is 6.42 Å². The van der Waals surface area contributed by atoms with Crippen molar-refractivity contribution in [3.05, 3.63) is 18.0 Å². The first-order valence-electron chi connectivity index (χ1n) is 7.49. The topological polar surface area (TPSA) is 58.0 Å². The van der Waals surface area contributed by atoms with Gasteiger partial charge in [0.2, 0.25) is 0 Å². The molecule has 20 heavy (non-hydrogen) atoms. The second-order valence-electron chi connectivity index (χ2n) is 5.68. The predicted octanol–water partition coefficient (Wildman–Crippen LogP) is 2.55. The van der Waals surface area contributed by atoms with Crippen LogP contribution in [0, 0.1) is 6.92 Å². The highest BCUT2D eigenvalue weighted by Gasteiger charge is 2.35. The van der Waals surface area contributed by atoms with E-state index in [9.17, 15) is 5.11 Å². The average Bonchev–Trinajstić information content (AvgIpc) is 2.45. The van der Waals surface area contributed by atoms with E-state index in [1.54, 1.807) is 11.8 Å². The number of hydrogen-bond acceptors (Lipinski definition) is 5. The number of thioether (sulfide) groups is 1. The molecule has 1 aliphatic carbocycles. The van der Waals surface area contributed by atoms with Crippen LogP contribution in [0.4, 0.5) is 0 Å². The first kappa shape index (κ1) is 15.7. The lowest BCUT2D eigenvalue weighted by atomic mass is 9.82. The van der Waals surface area contributed by atoms with E-state index in [4.69, 9.17) is 0 Å². The maximum Gasteiger partial charge on any atom is 0.187 e. The van der Waals surface area contributed by atoms with Crippen molar-refractivity contribution in [1.82, 2.24) is 15.3 Å². The Labute approximate surface area is 125 Å². The summed E-state index contributed by atoms with van der Waals surface area (Å²) in [6.45, 7) is 5.35. The molecule has 1 aromatic heterocycles. The number of aliphatic hydroxyl groups excluding tert-OH is 1. The van der Waals surface area contributed by atoms with Gasteiger partial charge in [-0.15, -0.1) is 0 Å². The Morgan fingerprint density at radius 1 is 1.55 bits per heavy atom. The Bertz CT molecular complexity index is 429. The third-order valence-electron chi connectivity index (χ3n) is 3.90. The molecular formula is C15H25N3OS. The van der Waals surface area contributed by atoms with Gasteiger partial charge >= 0.3 is 0 Å². The van der Waals surface area contributed by atoms with E-state index >= 15 is 0 Å². The summed E-state index contributed by atoms with van der Waals surface area (Å²) in [5.74, 6) is 0. The van der Waals surface area contributed by atoms with E-state index in [1.807, 2.05) is 19.2 Å². The standard InChI is InChI=1S/C15H25N3OS/c1-3-8-17-15(11-19)7-4-5-13(10-15)20-14-16-9-6-12(2)18-14/h6,9,13,17,19H,3-5,7-8,10-11H2,1-2H3. The van der Waals surface area contributed by atoms with Gasteiger partial charge in [-0.25, -0.2) is 9.97 Å². The number of aryl methyl sites for hydroxylation is 1. The van der Waals surface area contributed by atoms with Crippen molar-refractivity contribution in [2.75, 3.05) is 13.2 Å².